The molecule has 2 atom stereocenters. The molecular formula is C21H22O5. The lowest BCUT2D eigenvalue weighted by Crippen LogP contribution is -2.24. The van der Waals surface area contributed by atoms with Gasteiger partial charge in [-0.2, -0.15) is 0 Å². The van der Waals surface area contributed by atoms with Gasteiger partial charge in [-0.15, -0.1) is 0 Å². The number of hydrogen-bond acceptors (Lipinski definition) is 5. The summed E-state index contributed by atoms with van der Waals surface area (Å²) in [7, 11) is 0. The van der Waals surface area contributed by atoms with Gasteiger partial charge < -0.3 is 9.47 Å². The van der Waals surface area contributed by atoms with E-state index in [1.165, 1.54) is 0 Å². The molecule has 5 nitrogen and oxygen atoms in total. The van der Waals surface area contributed by atoms with Crippen molar-refractivity contribution in [1.82, 2.24) is 0 Å². The number of carbonyl (C=O) groups is 3. The number of ketones is 3. The van der Waals surface area contributed by atoms with Gasteiger partial charge in [-0.05, 0) is 12.8 Å². The average molecular weight is 354 g/mol. The summed E-state index contributed by atoms with van der Waals surface area (Å²) in [6.07, 6.45) is 6.20. The summed E-state index contributed by atoms with van der Waals surface area (Å²) in [5.74, 6) is 2.70. The molecule has 136 valence electrons. The molecule has 0 fully saturated rings. The van der Waals surface area contributed by atoms with Crippen LogP contribution in [0.4, 0.5) is 0 Å². The number of hydrogen-bond donors (Lipinski definition) is 0. The van der Waals surface area contributed by atoms with Crippen molar-refractivity contribution in [2.45, 2.75) is 52.4 Å². The molecule has 26 heavy (non-hydrogen) atoms. The Hall–Kier alpha value is -2.43. The summed E-state index contributed by atoms with van der Waals surface area (Å²) in [6, 6.07) is 0. The summed E-state index contributed by atoms with van der Waals surface area (Å²) in [6.45, 7) is 3.90. The molecule has 0 radical (unpaired) electrons. The van der Waals surface area contributed by atoms with Crippen LogP contribution >= 0.6 is 0 Å². The third kappa shape index (κ3) is 2.75. The molecule has 0 N–H and O–H groups in total. The van der Waals surface area contributed by atoms with Crippen LogP contribution in [0.25, 0.3) is 0 Å². The number of allylic oxidation sites excluding steroid dienone is 8. The fraction of sp³-hybridized carbons (Fsp3) is 0.476. The molecule has 0 bridgehead atoms. The largest absolute Gasteiger partial charge is 0.465 e. The lowest BCUT2D eigenvalue weighted by molar-refractivity contribution is -0.115. The zero-order valence-electron chi connectivity index (χ0n) is 15.1. The monoisotopic (exact) mass is 354 g/mol. The molecule has 5 heteroatoms. The van der Waals surface area contributed by atoms with Crippen molar-refractivity contribution < 1.29 is 23.9 Å². The molecule has 0 aromatic rings. The minimum Gasteiger partial charge on any atom is -0.465 e. The first-order valence-electron chi connectivity index (χ1n) is 9.33. The first kappa shape index (κ1) is 17.0. The fourth-order valence-corrected chi connectivity index (χ4v) is 4.25. The zero-order valence-corrected chi connectivity index (χ0v) is 15.1. The second-order valence-electron chi connectivity index (χ2n) is 7.28. The molecule has 2 unspecified atom stereocenters. The molecule has 4 rings (SSSR count). The summed E-state index contributed by atoms with van der Waals surface area (Å²) in [5.41, 5.74) is 1.32. The Morgan fingerprint density at radius 3 is 1.65 bits per heavy atom. The highest BCUT2D eigenvalue weighted by molar-refractivity contribution is 6.09. The van der Waals surface area contributed by atoms with Crippen molar-refractivity contribution in [3.8, 4) is 0 Å². The topological polar surface area (TPSA) is 69.7 Å². The van der Waals surface area contributed by atoms with Crippen molar-refractivity contribution >= 4 is 17.3 Å². The van der Waals surface area contributed by atoms with E-state index in [1.54, 1.807) is 12.2 Å². The van der Waals surface area contributed by atoms with Gasteiger partial charge in [0.1, 0.15) is 23.0 Å². The zero-order chi connectivity index (χ0) is 18.4. The van der Waals surface area contributed by atoms with Crippen molar-refractivity contribution in [3.05, 3.63) is 46.3 Å². The Morgan fingerprint density at radius 1 is 0.846 bits per heavy atom. The SMILES string of the molecule is CCC1=C(C(=O)C2=C(CC)OC3=CC(=O)CC3C2)CC2CC(=O)C=C2O1. The second kappa shape index (κ2) is 6.38. The van der Waals surface area contributed by atoms with Crippen LogP contribution in [-0.4, -0.2) is 17.3 Å². The van der Waals surface area contributed by atoms with Crippen LogP contribution in [0.1, 0.15) is 52.4 Å². The van der Waals surface area contributed by atoms with Crippen LogP contribution in [0.3, 0.4) is 0 Å². The van der Waals surface area contributed by atoms with Gasteiger partial charge in [0.25, 0.3) is 0 Å². The van der Waals surface area contributed by atoms with Gasteiger partial charge in [0, 0.05) is 60.8 Å². The summed E-state index contributed by atoms with van der Waals surface area (Å²) in [4.78, 5) is 36.8. The quantitative estimate of drug-likeness (QED) is 0.770. The molecular weight excluding hydrogens is 332 g/mol. The minimum absolute atomic E-state index is 0.0320. The first-order valence-corrected chi connectivity index (χ1v) is 9.33. The van der Waals surface area contributed by atoms with Crippen LogP contribution in [-0.2, 0) is 23.9 Å². The molecule has 0 spiro atoms. The molecule has 0 aromatic heterocycles. The first-order chi connectivity index (χ1) is 12.5. The molecule has 2 heterocycles. The van der Waals surface area contributed by atoms with Gasteiger partial charge in [-0.25, -0.2) is 0 Å². The number of fused-ring (bicyclic) bond motifs is 2. The maximum absolute atomic E-state index is 13.3. The summed E-state index contributed by atoms with van der Waals surface area (Å²) >= 11 is 0. The maximum Gasteiger partial charge on any atom is 0.191 e. The Balaban J connectivity index is 1.66. The van der Waals surface area contributed by atoms with Gasteiger partial charge in [0.2, 0.25) is 0 Å². The van der Waals surface area contributed by atoms with Crippen LogP contribution in [0, 0.1) is 11.8 Å². The molecule has 0 aromatic carbocycles. The number of carbonyl (C=O) groups excluding carboxylic acids is 3. The van der Waals surface area contributed by atoms with Crippen molar-refractivity contribution in [1.29, 1.82) is 0 Å². The molecule has 2 aliphatic carbocycles. The predicted molar refractivity (Wildman–Crippen MR) is 93.4 cm³/mol. The fourth-order valence-electron chi connectivity index (χ4n) is 4.25. The molecule has 0 amide bonds. The van der Waals surface area contributed by atoms with Crippen molar-refractivity contribution in [2.24, 2.45) is 11.8 Å². The van der Waals surface area contributed by atoms with E-state index in [9.17, 15) is 14.4 Å². The summed E-state index contributed by atoms with van der Waals surface area (Å²) in [5, 5.41) is 0. The normalized spacial score (nSPS) is 27.6. The Labute approximate surface area is 152 Å². The standard InChI is InChI=1S/C21H22O5/c1-3-17-15(7-11-5-13(22)9-19(11)25-17)21(24)16-8-12-6-14(23)10-20(12)26-18(16)4-2/h9-12H,3-8H2,1-2H3. The Kier molecular flexibility index (Phi) is 4.17. The average Bonchev–Trinajstić information content (AvgIpc) is 3.17. The predicted octanol–water partition coefficient (Wildman–Crippen LogP) is 3.67. The molecule has 2 aliphatic heterocycles. The van der Waals surface area contributed by atoms with Gasteiger partial charge in [0.15, 0.2) is 17.3 Å². The molecule has 0 saturated carbocycles. The highest BCUT2D eigenvalue weighted by atomic mass is 16.5. The van der Waals surface area contributed by atoms with Crippen LogP contribution in [0.15, 0.2) is 46.3 Å². The lowest BCUT2D eigenvalue weighted by atomic mass is 9.84. The van der Waals surface area contributed by atoms with Gasteiger partial charge in [0.05, 0.1) is 0 Å². The summed E-state index contributed by atoms with van der Waals surface area (Å²) < 4.78 is 11.8. The van der Waals surface area contributed by atoms with E-state index in [2.05, 4.69) is 0 Å². The van der Waals surface area contributed by atoms with Gasteiger partial charge in [-0.3, -0.25) is 14.4 Å². The van der Waals surface area contributed by atoms with Gasteiger partial charge >= 0.3 is 0 Å². The second-order valence-corrected chi connectivity index (χ2v) is 7.28. The third-order valence-electron chi connectivity index (χ3n) is 5.55. The number of ether oxygens (including phenoxy) is 2. The molecule has 4 aliphatic rings. The van der Waals surface area contributed by atoms with E-state index < -0.39 is 0 Å². The van der Waals surface area contributed by atoms with E-state index in [-0.39, 0.29) is 29.2 Å². The van der Waals surface area contributed by atoms with Gasteiger partial charge in [-0.1, -0.05) is 13.8 Å². The highest BCUT2D eigenvalue weighted by Gasteiger charge is 2.39. The molecule has 0 saturated heterocycles. The minimum atomic E-state index is -0.0458. The van der Waals surface area contributed by atoms with Crippen molar-refractivity contribution in [3.63, 3.8) is 0 Å². The van der Waals surface area contributed by atoms with E-state index in [4.69, 9.17) is 9.47 Å². The number of rotatable bonds is 4. The highest BCUT2D eigenvalue weighted by Crippen LogP contribution is 2.43. The Morgan fingerprint density at radius 2 is 1.27 bits per heavy atom. The smallest absolute Gasteiger partial charge is 0.191 e. The van der Waals surface area contributed by atoms with E-state index in [0.29, 0.717) is 72.7 Å². The van der Waals surface area contributed by atoms with Crippen LogP contribution in [0.5, 0.6) is 0 Å². The number of Topliss-reactive ketones (excluding diaryl/α,β-unsaturated/α-hetero) is 1. The lowest BCUT2D eigenvalue weighted by Gasteiger charge is -2.29. The third-order valence-corrected chi connectivity index (χ3v) is 5.55. The van der Waals surface area contributed by atoms with E-state index in [1.807, 2.05) is 13.8 Å². The maximum atomic E-state index is 13.3. The van der Waals surface area contributed by atoms with E-state index in [0.717, 1.165) is 0 Å². The Bertz CT molecular complexity index is 768. The van der Waals surface area contributed by atoms with Crippen LogP contribution in [0.2, 0.25) is 0 Å². The van der Waals surface area contributed by atoms with Crippen LogP contribution < -0.4 is 0 Å². The van der Waals surface area contributed by atoms with E-state index >= 15 is 0 Å². The van der Waals surface area contributed by atoms with Crippen molar-refractivity contribution in [2.75, 3.05) is 0 Å².